The van der Waals surface area contributed by atoms with Gasteiger partial charge in [0.25, 0.3) is 0 Å². The number of thioether (sulfide) groups is 1. The van der Waals surface area contributed by atoms with Gasteiger partial charge in [0, 0.05) is 37.2 Å². The molecule has 1 aromatic rings. The summed E-state index contributed by atoms with van der Waals surface area (Å²) in [6.07, 6.45) is 1.63. The maximum absolute atomic E-state index is 13.4. The molecule has 0 radical (unpaired) electrons. The van der Waals surface area contributed by atoms with E-state index in [0.29, 0.717) is 31.1 Å². The number of ether oxygens (including phenoxy) is 1. The monoisotopic (exact) mass is 297 g/mol. The van der Waals surface area contributed by atoms with Crippen molar-refractivity contribution in [3.05, 3.63) is 35.6 Å². The summed E-state index contributed by atoms with van der Waals surface area (Å²) in [5.41, 5.74) is 0.716. The molecule has 3 nitrogen and oxygen atoms in total. The Bertz CT molecular complexity index is 436. The van der Waals surface area contributed by atoms with E-state index in [4.69, 9.17) is 4.74 Å². The number of hydrogen-bond donors (Lipinski definition) is 1. The normalized spacial score (nSPS) is 16.1. The number of halogens is 1. The first kappa shape index (κ1) is 15.3. The fourth-order valence-electron chi connectivity index (χ4n) is 2.15. The van der Waals surface area contributed by atoms with Crippen molar-refractivity contribution in [1.29, 1.82) is 0 Å². The average molecular weight is 297 g/mol. The van der Waals surface area contributed by atoms with Crippen molar-refractivity contribution in [2.24, 2.45) is 5.92 Å². The zero-order chi connectivity index (χ0) is 14.2. The van der Waals surface area contributed by atoms with Crippen LogP contribution in [0.15, 0.2) is 24.3 Å². The van der Waals surface area contributed by atoms with Crippen LogP contribution >= 0.6 is 11.8 Å². The Labute approximate surface area is 123 Å². The maximum Gasteiger partial charge on any atom is 0.223 e. The minimum absolute atomic E-state index is 0.0975. The van der Waals surface area contributed by atoms with Gasteiger partial charge in [-0.05, 0) is 24.5 Å². The molecule has 1 amide bonds. The van der Waals surface area contributed by atoms with E-state index < -0.39 is 0 Å². The largest absolute Gasteiger partial charge is 0.381 e. The van der Waals surface area contributed by atoms with Crippen molar-refractivity contribution < 1.29 is 13.9 Å². The van der Waals surface area contributed by atoms with E-state index in [1.807, 2.05) is 6.07 Å². The second kappa shape index (κ2) is 8.27. The molecule has 5 heteroatoms. The lowest BCUT2D eigenvalue weighted by Gasteiger charge is -2.21. The molecule has 0 spiro atoms. The molecule has 110 valence electrons. The molecule has 1 aromatic carbocycles. The van der Waals surface area contributed by atoms with E-state index >= 15 is 0 Å². The zero-order valence-electron chi connectivity index (χ0n) is 11.4. The van der Waals surface area contributed by atoms with Crippen molar-refractivity contribution in [2.45, 2.75) is 18.6 Å². The Morgan fingerprint density at radius 3 is 2.85 bits per heavy atom. The van der Waals surface area contributed by atoms with Crippen LogP contribution in [0.4, 0.5) is 4.39 Å². The average Bonchev–Trinajstić information content (AvgIpc) is 2.49. The molecule has 1 fully saturated rings. The van der Waals surface area contributed by atoms with Gasteiger partial charge in [0.05, 0.1) is 0 Å². The Balaban J connectivity index is 1.59. The molecule has 0 saturated carbocycles. The minimum Gasteiger partial charge on any atom is -0.381 e. The molecule has 0 aliphatic carbocycles. The first-order chi connectivity index (χ1) is 9.77. The van der Waals surface area contributed by atoms with Crippen molar-refractivity contribution in [3.8, 4) is 0 Å². The van der Waals surface area contributed by atoms with Gasteiger partial charge in [0.15, 0.2) is 0 Å². The molecule has 1 N–H and O–H groups in total. The summed E-state index contributed by atoms with van der Waals surface area (Å²) in [5.74, 6) is 1.50. The molecule has 0 aromatic heterocycles. The topological polar surface area (TPSA) is 38.3 Å². The van der Waals surface area contributed by atoms with Gasteiger partial charge in [-0.1, -0.05) is 18.2 Å². The van der Waals surface area contributed by atoms with E-state index in [2.05, 4.69) is 5.32 Å². The first-order valence-corrected chi connectivity index (χ1v) is 8.09. The molecular formula is C15H20FNO2S. The fourth-order valence-corrected chi connectivity index (χ4v) is 2.99. The molecule has 20 heavy (non-hydrogen) atoms. The zero-order valence-corrected chi connectivity index (χ0v) is 12.3. The fraction of sp³-hybridized carbons (Fsp3) is 0.533. The van der Waals surface area contributed by atoms with Crippen LogP contribution in [0.5, 0.6) is 0 Å². The van der Waals surface area contributed by atoms with Crippen molar-refractivity contribution in [2.75, 3.05) is 25.5 Å². The molecule has 2 rings (SSSR count). The van der Waals surface area contributed by atoms with Crippen molar-refractivity contribution in [3.63, 3.8) is 0 Å². The lowest BCUT2D eigenvalue weighted by Crippen LogP contribution is -2.35. The smallest absolute Gasteiger partial charge is 0.223 e. The van der Waals surface area contributed by atoms with Crippen LogP contribution in [-0.2, 0) is 15.3 Å². The third-order valence-electron chi connectivity index (χ3n) is 3.35. The van der Waals surface area contributed by atoms with E-state index in [0.717, 1.165) is 18.6 Å². The van der Waals surface area contributed by atoms with Crippen LogP contribution in [0.1, 0.15) is 18.4 Å². The van der Waals surface area contributed by atoms with Gasteiger partial charge in [-0.3, -0.25) is 4.79 Å². The summed E-state index contributed by atoms with van der Waals surface area (Å²) in [6.45, 7) is 2.00. The summed E-state index contributed by atoms with van der Waals surface area (Å²) in [6, 6.07) is 6.80. The van der Waals surface area contributed by atoms with E-state index in [1.165, 1.54) is 6.07 Å². The Hall–Kier alpha value is -1.07. The Morgan fingerprint density at radius 1 is 1.35 bits per heavy atom. The maximum atomic E-state index is 13.4. The second-order valence-corrected chi connectivity index (χ2v) is 5.93. The molecule has 0 unspecified atom stereocenters. The van der Waals surface area contributed by atoms with E-state index in [-0.39, 0.29) is 17.6 Å². The van der Waals surface area contributed by atoms with Crippen LogP contribution in [-0.4, -0.2) is 31.4 Å². The molecule has 1 aliphatic rings. The number of hydrogen-bond acceptors (Lipinski definition) is 3. The van der Waals surface area contributed by atoms with E-state index in [1.54, 1.807) is 23.9 Å². The quantitative estimate of drug-likeness (QED) is 0.820. The molecule has 0 atom stereocenters. The van der Waals surface area contributed by atoms with Crippen LogP contribution in [0.25, 0.3) is 0 Å². The van der Waals surface area contributed by atoms with Crippen LogP contribution in [0, 0.1) is 11.7 Å². The molecule has 1 saturated heterocycles. The van der Waals surface area contributed by atoms with Gasteiger partial charge in [-0.25, -0.2) is 4.39 Å². The van der Waals surface area contributed by atoms with Crippen molar-refractivity contribution in [1.82, 2.24) is 5.32 Å². The van der Waals surface area contributed by atoms with Crippen LogP contribution in [0.2, 0.25) is 0 Å². The highest BCUT2D eigenvalue weighted by Gasteiger charge is 2.20. The van der Waals surface area contributed by atoms with Crippen LogP contribution in [0.3, 0.4) is 0 Å². The van der Waals surface area contributed by atoms with Gasteiger partial charge < -0.3 is 10.1 Å². The summed E-state index contributed by atoms with van der Waals surface area (Å²) >= 11 is 1.63. The van der Waals surface area contributed by atoms with Gasteiger partial charge in [0.2, 0.25) is 5.91 Å². The van der Waals surface area contributed by atoms with Crippen LogP contribution < -0.4 is 5.32 Å². The summed E-state index contributed by atoms with van der Waals surface area (Å²) in [7, 11) is 0. The van der Waals surface area contributed by atoms with Gasteiger partial charge in [-0.15, -0.1) is 0 Å². The highest BCUT2D eigenvalue weighted by Crippen LogP contribution is 2.16. The van der Waals surface area contributed by atoms with Gasteiger partial charge in [0.1, 0.15) is 5.82 Å². The highest BCUT2D eigenvalue weighted by molar-refractivity contribution is 7.98. The molecular weight excluding hydrogens is 277 g/mol. The lowest BCUT2D eigenvalue weighted by atomic mass is 10.00. The second-order valence-electron chi connectivity index (χ2n) is 4.82. The number of rotatable bonds is 6. The van der Waals surface area contributed by atoms with Gasteiger partial charge >= 0.3 is 0 Å². The number of nitrogens with one attached hydrogen (secondary N) is 1. The number of amides is 1. The molecule has 1 heterocycles. The predicted octanol–water partition coefficient (Wildman–Crippen LogP) is 2.60. The highest BCUT2D eigenvalue weighted by atomic mass is 32.2. The SMILES string of the molecule is O=C(NCCSCc1ccccc1F)C1CCOCC1. The van der Waals surface area contributed by atoms with E-state index in [9.17, 15) is 9.18 Å². The third-order valence-corrected chi connectivity index (χ3v) is 4.36. The standard InChI is InChI=1S/C15H20FNO2S/c16-14-4-2-1-3-13(14)11-20-10-7-17-15(18)12-5-8-19-9-6-12/h1-4,12H,5-11H2,(H,17,18). The summed E-state index contributed by atoms with van der Waals surface area (Å²) in [4.78, 5) is 11.8. The number of carbonyl (C=O) groups is 1. The first-order valence-electron chi connectivity index (χ1n) is 6.94. The Morgan fingerprint density at radius 2 is 2.10 bits per heavy atom. The van der Waals surface area contributed by atoms with Crippen molar-refractivity contribution >= 4 is 17.7 Å². The lowest BCUT2D eigenvalue weighted by molar-refractivity contribution is -0.127. The summed E-state index contributed by atoms with van der Waals surface area (Å²) < 4.78 is 18.6. The number of benzene rings is 1. The van der Waals surface area contributed by atoms with Gasteiger partial charge in [-0.2, -0.15) is 11.8 Å². The minimum atomic E-state index is -0.161. The third kappa shape index (κ3) is 4.80. The number of carbonyl (C=O) groups excluding carboxylic acids is 1. The predicted molar refractivity (Wildman–Crippen MR) is 79.1 cm³/mol. The Kier molecular flexibility index (Phi) is 6.33. The summed E-state index contributed by atoms with van der Waals surface area (Å²) in [5, 5.41) is 2.94. The molecule has 0 bridgehead atoms. The molecule has 1 aliphatic heterocycles.